The Morgan fingerprint density at radius 2 is 2.22 bits per heavy atom. The van der Waals surface area contributed by atoms with Crippen LogP contribution in [-0.2, 0) is 11.3 Å². The molecule has 1 aliphatic rings. The van der Waals surface area contributed by atoms with Gasteiger partial charge in [0, 0.05) is 18.2 Å². The predicted octanol–water partition coefficient (Wildman–Crippen LogP) is 2.05. The number of methoxy groups -OCH3 is 1. The van der Waals surface area contributed by atoms with Gasteiger partial charge in [-0.05, 0) is 25.8 Å². The third-order valence-corrected chi connectivity index (χ3v) is 3.21. The Labute approximate surface area is 107 Å². The van der Waals surface area contributed by atoms with Crippen LogP contribution in [0.25, 0.3) is 0 Å². The Morgan fingerprint density at radius 3 is 2.78 bits per heavy atom. The minimum absolute atomic E-state index is 0.0990. The number of ether oxygens (including phenoxy) is 1. The second-order valence-electron chi connectivity index (χ2n) is 4.85. The molecule has 0 aromatic heterocycles. The number of hydrogen-bond acceptors (Lipinski definition) is 3. The Bertz CT molecular complexity index is 441. The molecule has 4 nitrogen and oxygen atoms in total. The van der Waals surface area contributed by atoms with Gasteiger partial charge in [0.15, 0.2) is 0 Å². The van der Waals surface area contributed by atoms with E-state index in [2.05, 4.69) is 6.07 Å². The highest BCUT2D eigenvalue weighted by atomic mass is 16.5. The first-order valence-electron chi connectivity index (χ1n) is 6.19. The monoisotopic (exact) mass is 249 g/mol. The zero-order valence-electron chi connectivity index (χ0n) is 10.8. The summed E-state index contributed by atoms with van der Waals surface area (Å²) in [6, 6.07) is 6.43. The summed E-state index contributed by atoms with van der Waals surface area (Å²) in [4.78, 5) is 12.9. The van der Waals surface area contributed by atoms with Crippen LogP contribution in [0.2, 0.25) is 0 Å². The molecule has 2 rings (SSSR count). The summed E-state index contributed by atoms with van der Waals surface area (Å²) < 4.78 is 5.33. The summed E-state index contributed by atoms with van der Waals surface area (Å²) in [5.74, 6) is 0.0603. The van der Waals surface area contributed by atoms with E-state index in [-0.39, 0.29) is 6.54 Å². The summed E-state index contributed by atoms with van der Waals surface area (Å²) in [7, 11) is 1.65. The molecule has 18 heavy (non-hydrogen) atoms. The molecule has 1 aliphatic carbocycles. The quantitative estimate of drug-likeness (QED) is 0.838. The average molecular weight is 249 g/mol. The van der Waals surface area contributed by atoms with Crippen LogP contribution in [0, 0.1) is 6.92 Å². The number of nitrogens with zero attached hydrogens (tertiary/aromatic N) is 1. The van der Waals surface area contributed by atoms with Gasteiger partial charge in [-0.1, -0.05) is 17.7 Å². The van der Waals surface area contributed by atoms with Crippen LogP contribution in [-0.4, -0.2) is 35.7 Å². The van der Waals surface area contributed by atoms with Gasteiger partial charge in [-0.25, -0.2) is 0 Å². The van der Waals surface area contributed by atoms with Crippen LogP contribution in [0.1, 0.15) is 24.0 Å². The highest BCUT2D eigenvalue weighted by Gasteiger charge is 2.30. The van der Waals surface area contributed by atoms with E-state index >= 15 is 0 Å². The van der Waals surface area contributed by atoms with Gasteiger partial charge >= 0.3 is 5.97 Å². The van der Waals surface area contributed by atoms with Gasteiger partial charge in [-0.2, -0.15) is 0 Å². The Kier molecular flexibility index (Phi) is 3.87. The van der Waals surface area contributed by atoms with Crippen molar-refractivity contribution in [3.8, 4) is 5.75 Å². The SMILES string of the molecule is COc1ccc(C)cc1CN(CC(=O)O)C1CC1. The molecule has 0 atom stereocenters. The van der Waals surface area contributed by atoms with Gasteiger partial charge in [-0.3, -0.25) is 9.69 Å². The van der Waals surface area contributed by atoms with E-state index in [4.69, 9.17) is 9.84 Å². The molecule has 1 fully saturated rings. The number of aliphatic carboxylic acids is 1. The molecule has 1 N–H and O–H groups in total. The van der Waals surface area contributed by atoms with E-state index in [0.29, 0.717) is 12.6 Å². The van der Waals surface area contributed by atoms with Crippen molar-refractivity contribution in [1.82, 2.24) is 4.90 Å². The van der Waals surface area contributed by atoms with Crippen LogP contribution in [0.4, 0.5) is 0 Å². The molecule has 0 radical (unpaired) electrons. The van der Waals surface area contributed by atoms with Crippen molar-refractivity contribution in [3.05, 3.63) is 29.3 Å². The van der Waals surface area contributed by atoms with E-state index in [1.54, 1.807) is 7.11 Å². The Hall–Kier alpha value is -1.55. The van der Waals surface area contributed by atoms with Crippen LogP contribution in [0.5, 0.6) is 5.75 Å². The summed E-state index contributed by atoms with van der Waals surface area (Å²) in [6.07, 6.45) is 2.20. The van der Waals surface area contributed by atoms with Crippen molar-refractivity contribution >= 4 is 5.97 Å². The van der Waals surface area contributed by atoms with Crippen LogP contribution in [0.3, 0.4) is 0 Å². The fraction of sp³-hybridized carbons (Fsp3) is 0.500. The standard InChI is InChI=1S/C14H19NO3/c1-10-3-6-13(18-2)11(7-10)8-15(9-14(16)17)12-4-5-12/h3,6-7,12H,4-5,8-9H2,1-2H3,(H,16,17). The van der Waals surface area contributed by atoms with Gasteiger partial charge in [0.25, 0.3) is 0 Å². The average Bonchev–Trinajstić information content (AvgIpc) is 3.11. The van der Waals surface area contributed by atoms with Crippen molar-refractivity contribution in [2.24, 2.45) is 0 Å². The number of aryl methyl sites for hydroxylation is 1. The number of rotatable bonds is 6. The first kappa shape index (κ1) is 12.9. The van der Waals surface area contributed by atoms with Gasteiger partial charge in [-0.15, -0.1) is 0 Å². The number of carboxylic acids is 1. The highest BCUT2D eigenvalue weighted by molar-refractivity contribution is 5.69. The van der Waals surface area contributed by atoms with Crippen molar-refractivity contribution in [3.63, 3.8) is 0 Å². The van der Waals surface area contributed by atoms with Crippen LogP contribution < -0.4 is 4.74 Å². The first-order chi connectivity index (χ1) is 8.60. The van der Waals surface area contributed by atoms with E-state index in [9.17, 15) is 4.79 Å². The van der Waals surface area contributed by atoms with Gasteiger partial charge in [0.1, 0.15) is 5.75 Å². The molecule has 0 amide bonds. The highest BCUT2D eigenvalue weighted by Crippen LogP contribution is 2.30. The molecule has 1 saturated carbocycles. The van der Waals surface area contributed by atoms with E-state index < -0.39 is 5.97 Å². The van der Waals surface area contributed by atoms with Crippen molar-refractivity contribution < 1.29 is 14.6 Å². The molecule has 0 aliphatic heterocycles. The number of benzene rings is 1. The zero-order chi connectivity index (χ0) is 13.1. The molecule has 1 aromatic rings. The second-order valence-corrected chi connectivity index (χ2v) is 4.85. The maximum Gasteiger partial charge on any atom is 0.317 e. The smallest absolute Gasteiger partial charge is 0.317 e. The molecule has 0 saturated heterocycles. The molecule has 0 heterocycles. The van der Waals surface area contributed by atoms with Crippen LogP contribution >= 0.6 is 0 Å². The minimum atomic E-state index is -0.770. The second kappa shape index (κ2) is 5.40. The molecule has 4 heteroatoms. The van der Waals surface area contributed by atoms with Crippen molar-refractivity contribution in [2.75, 3.05) is 13.7 Å². The summed E-state index contributed by atoms with van der Waals surface area (Å²) in [5.41, 5.74) is 2.22. The lowest BCUT2D eigenvalue weighted by atomic mass is 10.1. The maximum absolute atomic E-state index is 10.9. The molecule has 0 unspecified atom stereocenters. The lowest BCUT2D eigenvalue weighted by Crippen LogP contribution is -2.31. The maximum atomic E-state index is 10.9. The largest absolute Gasteiger partial charge is 0.496 e. The predicted molar refractivity (Wildman–Crippen MR) is 68.8 cm³/mol. The summed E-state index contributed by atoms with van der Waals surface area (Å²) >= 11 is 0. The minimum Gasteiger partial charge on any atom is -0.496 e. The fourth-order valence-corrected chi connectivity index (χ4v) is 2.18. The number of carbonyl (C=O) groups is 1. The Morgan fingerprint density at radius 1 is 1.50 bits per heavy atom. The zero-order valence-corrected chi connectivity index (χ0v) is 10.8. The number of hydrogen-bond donors (Lipinski definition) is 1. The van der Waals surface area contributed by atoms with Gasteiger partial charge in [0.2, 0.25) is 0 Å². The van der Waals surface area contributed by atoms with E-state index in [0.717, 1.165) is 29.7 Å². The van der Waals surface area contributed by atoms with Gasteiger partial charge < -0.3 is 9.84 Å². The van der Waals surface area contributed by atoms with Gasteiger partial charge in [0.05, 0.1) is 13.7 Å². The third kappa shape index (κ3) is 3.23. The summed E-state index contributed by atoms with van der Waals surface area (Å²) in [5, 5.41) is 8.95. The third-order valence-electron chi connectivity index (χ3n) is 3.21. The van der Waals surface area contributed by atoms with Crippen molar-refractivity contribution in [2.45, 2.75) is 32.4 Å². The molecule has 1 aromatic carbocycles. The van der Waals surface area contributed by atoms with Crippen LogP contribution in [0.15, 0.2) is 18.2 Å². The van der Waals surface area contributed by atoms with Crippen molar-refractivity contribution in [1.29, 1.82) is 0 Å². The fourth-order valence-electron chi connectivity index (χ4n) is 2.18. The Balaban J connectivity index is 2.14. The number of carboxylic acid groups (broad SMARTS) is 1. The lowest BCUT2D eigenvalue weighted by molar-refractivity contribution is -0.138. The first-order valence-corrected chi connectivity index (χ1v) is 6.19. The molecular weight excluding hydrogens is 230 g/mol. The van der Waals surface area contributed by atoms with E-state index in [1.807, 2.05) is 24.0 Å². The normalized spacial score (nSPS) is 14.8. The lowest BCUT2D eigenvalue weighted by Gasteiger charge is -2.21. The molecule has 0 spiro atoms. The molecular formula is C14H19NO3. The molecule has 0 bridgehead atoms. The van der Waals surface area contributed by atoms with E-state index in [1.165, 1.54) is 0 Å². The molecule has 98 valence electrons. The topological polar surface area (TPSA) is 49.8 Å². The summed E-state index contributed by atoms with van der Waals surface area (Å²) in [6.45, 7) is 2.77.